The van der Waals surface area contributed by atoms with Gasteiger partial charge >= 0.3 is 12.4 Å². The van der Waals surface area contributed by atoms with Crippen LogP contribution in [0.3, 0.4) is 0 Å². The van der Waals surface area contributed by atoms with Crippen molar-refractivity contribution in [2.45, 2.75) is 51.5 Å². The topological polar surface area (TPSA) is 20.3 Å². The van der Waals surface area contributed by atoms with Crippen LogP contribution in [0.25, 0.3) is 0 Å². The summed E-state index contributed by atoms with van der Waals surface area (Å²) < 4.78 is 107. The van der Waals surface area contributed by atoms with Crippen molar-refractivity contribution in [3.8, 4) is 0 Å². The summed E-state index contributed by atoms with van der Waals surface area (Å²) in [6.07, 6.45) is -9.89. The van der Waals surface area contributed by atoms with Gasteiger partial charge in [0.1, 0.15) is 11.6 Å². The summed E-state index contributed by atoms with van der Waals surface area (Å²) in [4.78, 5) is 14.3. The lowest BCUT2D eigenvalue weighted by molar-refractivity contribution is -0.138. The first-order valence-electron chi connectivity index (χ1n) is 11.6. The van der Waals surface area contributed by atoms with Gasteiger partial charge in [0.05, 0.1) is 16.7 Å². The van der Waals surface area contributed by atoms with Crippen molar-refractivity contribution in [1.29, 1.82) is 0 Å². The van der Waals surface area contributed by atoms with Gasteiger partial charge in [-0.15, -0.1) is 0 Å². The minimum absolute atomic E-state index is 0.0808. The van der Waals surface area contributed by atoms with Crippen molar-refractivity contribution < 1.29 is 39.9 Å². The molecule has 0 fully saturated rings. The van der Waals surface area contributed by atoms with Crippen LogP contribution in [0.2, 0.25) is 0 Å². The van der Waals surface area contributed by atoms with E-state index >= 15 is 0 Å². The van der Waals surface area contributed by atoms with Gasteiger partial charge in [0.25, 0.3) is 5.91 Å². The van der Waals surface area contributed by atoms with Gasteiger partial charge in [-0.1, -0.05) is 45.0 Å². The third-order valence-corrected chi connectivity index (χ3v) is 5.96. The Morgan fingerprint density at radius 2 is 1.29 bits per heavy atom. The number of alkyl halides is 6. The van der Waals surface area contributed by atoms with E-state index in [2.05, 4.69) is 0 Å². The zero-order chi connectivity index (χ0) is 28.5. The summed E-state index contributed by atoms with van der Waals surface area (Å²) >= 11 is 0. The van der Waals surface area contributed by atoms with Crippen LogP contribution in [0.4, 0.5) is 35.1 Å². The van der Waals surface area contributed by atoms with E-state index in [1.54, 1.807) is 12.1 Å². The Labute approximate surface area is 214 Å². The zero-order valence-corrected chi connectivity index (χ0v) is 20.8. The molecule has 0 unspecified atom stereocenters. The SMILES string of the molecule is CC(C)(C)c1ccc(CN(CCc2cc(F)cc(C(F)(F)F)c2)C(=O)c2cc(C(F)(F)F)ccc2F)cc1. The number of nitrogens with zero attached hydrogens (tertiary/aromatic N) is 1. The molecule has 0 aliphatic carbocycles. The fraction of sp³-hybridized carbons (Fsp3) is 0.321. The second kappa shape index (κ2) is 10.7. The molecule has 2 nitrogen and oxygen atoms in total. The summed E-state index contributed by atoms with van der Waals surface area (Å²) in [6, 6.07) is 10.4. The number of carbonyl (C=O) groups excluding carboxylic acids is 1. The lowest BCUT2D eigenvalue weighted by atomic mass is 9.87. The molecule has 0 atom stereocenters. The minimum Gasteiger partial charge on any atom is -0.334 e. The predicted molar refractivity (Wildman–Crippen MR) is 126 cm³/mol. The van der Waals surface area contributed by atoms with Gasteiger partial charge in [0.15, 0.2) is 0 Å². The molecule has 3 rings (SSSR count). The summed E-state index contributed by atoms with van der Waals surface area (Å²) in [7, 11) is 0. The van der Waals surface area contributed by atoms with Gasteiger partial charge in [-0.05, 0) is 64.9 Å². The van der Waals surface area contributed by atoms with E-state index in [4.69, 9.17) is 0 Å². The molecule has 0 bridgehead atoms. The quantitative estimate of drug-likeness (QED) is 0.287. The maximum atomic E-state index is 14.5. The van der Waals surface area contributed by atoms with Crippen LogP contribution in [0.15, 0.2) is 60.7 Å². The Hall–Kier alpha value is -3.43. The molecule has 3 aromatic carbocycles. The number of halogens is 8. The maximum absolute atomic E-state index is 14.5. The number of hydrogen-bond donors (Lipinski definition) is 0. The monoisotopic (exact) mass is 543 g/mol. The average Bonchev–Trinajstić information content (AvgIpc) is 2.79. The van der Waals surface area contributed by atoms with Gasteiger partial charge < -0.3 is 4.90 Å². The molecule has 38 heavy (non-hydrogen) atoms. The molecule has 204 valence electrons. The van der Waals surface area contributed by atoms with Crippen LogP contribution in [0, 0.1) is 11.6 Å². The molecule has 3 aromatic rings. The van der Waals surface area contributed by atoms with Gasteiger partial charge in [0, 0.05) is 13.1 Å². The van der Waals surface area contributed by atoms with Crippen molar-refractivity contribution >= 4 is 5.91 Å². The lowest BCUT2D eigenvalue weighted by Gasteiger charge is -2.25. The molecular formula is C28H25F8NO. The van der Waals surface area contributed by atoms with E-state index < -0.39 is 46.6 Å². The van der Waals surface area contributed by atoms with Crippen molar-refractivity contribution in [3.05, 3.63) is 106 Å². The highest BCUT2D eigenvalue weighted by Gasteiger charge is 2.33. The third-order valence-electron chi connectivity index (χ3n) is 5.96. The summed E-state index contributed by atoms with van der Waals surface area (Å²) in [5, 5.41) is 0. The van der Waals surface area contributed by atoms with Crippen LogP contribution in [0.1, 0.15) is 58.9 Å². The van der Waals surface area contributed by atoms with Crippen LogP contribution in [-0.2, 0) is 30.7 Å². The number of hydrogen-bond acceptors (Lipinski definition) is 1. The smallest absolute Gasteiger partial charge is 0.334 e. The Balaban J connectivity index is 1.96. The first-order chi connectivity index (χ1) is 17.4. The maximum Gasteiger partial charge on any atom is 0.416 e. The highest BCUT2D eigenvalue weighted by Crippen LogP contribution is 2.32. The normalized spacial score (nSPS) is 12.5. The molecule has 0 aliphatic heterocycles. The first-order valence-corrected chi connectivity index (χ1v) is 11.6. The molecule has 0 aliphatic rings. The van der Waals surface area contributed by atoms with E-state index in [0.29, 0.717) is 29.8 Å². The van der Waals surface area contributed by atoms with Crippen LogP contribution >= 0.6 is 0 Å². The van der Waals surface area contributed by atoms with Gasteiger partial charge in [-0.25, -0.2) is 8.78 Å². The van der Waals surface area contributed by atoms with Crippen LogP contribution < -0.4 is 0 Å². The van der Waals surface area contributed by atoms with E-state index in [1.165, 1.54) is 0 Å². The summed E-state index contributed by atoms with van der Waals surface area (Å²) in [5.74, 6) is -3.39. The molecule has 1 amide bonds. The molecule has 0 heterocycles. The molecule has 0 saturated carbocycles. The third kappa shape index (κ3) is 7.33. The highest BCUT2D eigenvalue weighted by atomic mass is 19.4. The van der Waals surface area contributed by atoms with Gasteiger partial charge in [-0.2, -0.15) is 26.3 Å². The molecule has 10 heteroatoms. The van der Waals surface area contributed by atoms with Gasteiger partial charge in [0.2, 0.25) is 0 Å². The highest BCUT2D eigenvalue weighted by molar-refractivity contribution is 5.94. The summed E-state index contributed by atoms with van der Waals surface area (Å²) in [6.45, 7) is 5.49. The Kier molecular flexibility index (Phi) is 8.24. The van der Waals surface area contributed by atoms with E-state index in [-0.39, 0.29) is 30.5 Å². The number of amides is 1. The molecular weight excluding hydrogens is 518 g/mol. The standard InChI is InChI=1S/C28H25F8NO/c1-26(2,3)19-6-4-17(5-7-19)16-37(11-10-18-12-21(28(34,35)36)14-22(29)13-18)25(38)23-15-20(27(31,32)33)8-9-24(23)30/h4-9,12-15H,10-11,16H2,1-3H3. The Morgan fingerprint density at radius 3 is 1.84 bits per heavy atom. The molecule has 0 N–H and O–H groups in total. The summed E-state index contributed by atoms with van der Waals surface area (Å²) in [5.41, 5.74) is -1.99. The number of carbonyl (C=O) groups is 1. The number of rotatable bonds is 6. The van der Waals surface area contributed by atoms with Crippen molar-refractivity contribution in [2.75, 3.05) is 6.54 Å². The fourth-order valence-electron chi connectivity index (χ4n) is 3.84. The predicted octanol–water partition coefficient (Wildman–Crippen LogP) is 8.19. The fourth-order valence-corrected chi connectivity index (χ4v) is 3.84. The van der Waals surface area contributed by atoms with E-state index in [1.807, 2.05) is 32.9 Å². The van der Waals surface area contributed by atoms with Crippen LogP contribution in [-0.4, -0.2) is 17.4 Å². The second-order valence-corrected chi connectivity index (χ2v) is 9.96. The Morgan fingerprint density at radius 1 is 0.711 bits per heavy atom. The molecule has 0 aromatic heterocycles. The van der Waals surface area contributed by atoms with Gasteiger partial charge in [-0.3, -0.25) is 4.79 Å². The van der Waals surface area contributed by atoms with E-state index in [9.17, 15) is 39.9 Å². The number of benzene rings is 3. The largest absolute Gasteiger partial charge is 0.416 e. The van der Waals surface area contributed by atoms with Crippen LogP contribution in [0.5, 0.6) is 0 Å². The second-order valence-electron chi connectivity index (χ2n) is 9.96. The molecule has 0 saturated heterocycles. The van der Waals surface area contributed by atoms with Crippen molar-refractivity contribution in [1.82, 2.24) is 4.90 Å². The van der Waals surface area contributed by atoms with E-state index in [0.717, 1.165) is 22.6 Å². The minimum atomic E-state index is -4.83. The lowest BCUT2D eigenvalue weighted by Crippen LogP contribution is -2.33. The first kappa shape index (κ1) is 29.1. The zero-order valence-electron chi connectivity index (χ0n) is 20.8. The Bertz CT molecular complexity index is 1290. The molecule has 0 radical (unpaired) electrons. The molecule has 0 spiro atoms. The van der Waals surface area contributed by atoms with Crippen molar-refractivity contribution in [2.24, 2.45) is 0 Å². The average molecular weight is 543 g/mol. The van der Waals surface area contributed by atoms with Crippen molar-refractivity contribution in [3.63, 3.8) is 0 Å².